The molecule has 0 heterocycles. The van der Waals surface area contributed by atoms with E-state index in [4.69, 9.17) is 30.5 Å². The SMILES string of the molecule is CCOC(=O)COc1ccc(C(=O)[C@@H](NC(=O)c2ccc(C(=N)N)cc2)C(C)C)cc1.O=C(O)C(F)(F)F. The molecule has 1 amide bonds. The number of halogens is 3. The number of benzene rings is 2. The number of ether oxygens (including phenoxy) is 2. The van der Waals surface area contributed by atoms with E-state index in [9.17, 15) is 27.6 Å². The minimum atomic E-state index is -5.08. The average Bonchev–Trinajstić information content (AvgIpc) is 2.85. The number of nitrogens with one attached hydrogen (secondary N) is 2. The maximum Gasteiger partial charge on any atom is 0.490 e. The summed E-state index contributed by atoms with van der Waals surface area (Å²) >= 11 is 0. The van der Waals surface area contributed by atoms with E-state index in [1.54, 1.807) is 55.5 Å². The van der Waals surface area contributed by atoms with Crippen LogP contribution in [-0.4, -0.2) is 60.0 Å². The highest BCUT2D eigenvalue weighted by molar-refractivity contribution is 6.05. The lowest BCUT2D eigenvalue weighted by atomic mass is 9.94. The van der Waals surface area contributed by atoms with Crippen molar-refractivity contribution in [2.75, 3.05) is 13.2 Å². The van der Waals surface area contributed by atoms with Crippen LogP contribution >= 0.6 is 0 Å². The second-order valence-corrected chi connectivity index (χ2v) is 7.97. The molecule has 2 rings (SSSR count). The molecule has 2 aromatic carbocycles. The van der Waals surface area contributed by atoms with Gasteiger partial charge in [-0.05, 0) is 49.2 Å². The Morgan fingerprint density at radius 1 is 0.974 bits per heavy atom. The summed E-state index contributed by atoms with van der Waals surface area (Å²) in [5.41, 5.74) is 6.72. The third kappa shape index (κ3) is 10.3. The molecule has 2 aromatic rings. The number of ketones is 1. The first kappa shape index (κ1) is 31.6. The fraction of sp³-hybridized carbons (Fsp3) is 0.320. The highest BCUT2D eigenvalue weighted by atomic mass is 19.4. The molecule has 5 N–H and O–H groups in total. The molecular formula is C25H28F3N3O7. The van der Waals surface area contributed by atoms with Crippen molar-refractivity contribution in [1.29, 1.82) is 5.41 Å². The van der Waals surface area contributed by atoms with E-state index in [1.165, 1.54) is 0 Å². The number of esters is 1. The van der Waals surface area contributed by atoms with Crippen molar-refractivity contribution in [2.24, 2.45) is 11.7 Å². The maximum atomic E-state index is 13.0. The fourth-order valence-electron chi connectivity index (χ4n) is 2.80. The van der Waals surface area contributed by atoms with Crippen molar-refractivity contribution in [3.63, 3.8) is 0 Å². The van der Waals surface area contributed by atoms with Gasteiger partial charge in [-0.3, -0.25) is 15.0 Å². The van der Waals surface area contributed by atoms with Gasteiger partial charge in [-0.15, -0.1) is 0 Å². The Hall–Kier alpha value is -4.42. The zero-order chi connectivity index (χ0) is 29.0. The molecule has 0 radical (unpaired) electrons. The molecule has 0 fully saturated rings. The Bertz CT molecular complexity index is 1130. The van der Waals surface area contributed by atoms with Crippen LogP contribution in [0, 0.1) is 11.3 Å². The molecule has 0 bridgehead atoms. The van der Waals surface area contributed by atoms with E-state index in [0.29, 0.717) is 22.4 Å². The van der Waals surface area contributed by atoms with Crippen molar-refractivity contribution in [3.05, 3.63) is 65.2 Å². The van der Waals surface area contributed by atoms with E-state index >= 15 is 0 Å². The number of nitrogens with two attached hydrogens (primary N) is 1. The lowest BCUT2D eigenvalue weighted by Gasteiger charge is -2.21. The fourth-order valence-corrected chi connectivity index (χ4v) is 2.80. The third-order valence-electron chi connectivity index (χ3n) is 4.74. The molecule has 10 nitrogen and oxygen atoms in total. The number of carboxylic acid groups (broad SMARTS) is 1. The second-order valence-electron chi connectivity index (χ2n) is 7.97. The standard InChI is InChI=1S/C23H27N3O5.C2HF3O2/c1-4-30-19(27)13-31-18-11-9-15(10-12-18)21(28)20(14(2)3)26-23(29)17-7-5-16(6-8-17)22(24)25;3-2(4,5)1(6)7/h5-12,14,20H,4,13H2,1-3H3,(H3,24,25)(H,26,29);(H,6,7)/t20-;/m0./s1. The lowest BCUT2D eigenvalue weighted by Crippen LogP contribution is -2.44. The van der Waals surface area contributed by atoms with Gasteiger partial charge < -0.3 is 25.6 Å². The largest absolute Gasteiger partial charge is 0.490 e. The van der Waals surface area contributed by atoms with Crippen molar-refractivity contribution >= 4 is 29.5 Å². The Morgan fingerprint density at radius 2 is 1.45 bits per heavy atom. The second kappa shape index (κ2) is 14.4. The minimum absolute atomic E-state index is 0.0862. The number of carboxylic acids is 1. The van der Waals surface area contributed by atoms with Gasteiger partial charge in [-0.2, -0.15) is 13.2 Å². The monoisotopic (exact) mass is 539 g/mol. The summed E-state index contributed by atoms with van der Waals surface area (Å²) in [6, 6.07) is 11.9. The van der Waals surface area contributed by atoms with Crippen molar-refractivity contribution in [2.45, 2.75) is 33.0 Å². The van der Waals surface area contributed by atoms with E-state index < -0.39 is 30.1 Å². The first-order chi connectivity index (χ1) is 17.7. The Labute approximate surface area is 216 Å². The number of alkyl halides is 3. The number of hydrogen-bond acceptors (Lipinski definition) is 7. The average molecular weight is 540 g/mol. The molecule has 206 valence electrons. The Morgan fingerprint density at radius 3 is 1.87 bits per heavy atom. The van der Waals surface area contributed by atoms with E-state index in [2.05, 4.69) is 5.32 Å². The van der Waals surface area contributed by atoms with Gasteiger partial charge >= 0.3 is 18.1 Å². The highest BCUT2D eigenvalue weighted by Crippen LogP contribution is 2.17. The molecule has 0 aliphatic heterocycles. The van der Waals surface area contributed by atoms with Crippen molar-refractivity contribution in [1.82, 2.24) is 5.32 Å². The molecular weight excluding hydrogens is 511 g/mol. The molecule has 0 aliphatic rings. The van der Waals surface area contributed by atoms with Crippen LogP contribution in [0.2, 0.25) is 0 Å². The summed E-state index contributed by atoms with van der Waals surface area (Å²) in [4.78, 5) is 45.9. The van der Waals surface area contributed by atoms with Gasteiger partial charge in [0, 0.05) is 16.7 Å². The Balaban J connectivity index is 0.000000905. The van der Waals surface area contributed by atoms with E-state index in [0.717, 1.165) is 0 Å². The lowest BCUT2D eigenvalue weighted by molar-refractivity contribution is -0.192. The molecule has 1 atom stereocenters. The molecule has 0 saturated heterocycles. The molecule has 0 aromatic heterocycles. The molecule has 0 spiro atoms. The van der Waals surface area contributed by atoms with Crippen LogP contribution in [0.4, 0.5) is 13.2 Å². The number of nitrogen functional groups attached to an aromatic ring is 1. The van der Waals surface area contributed by atoms with Gasteiger partial charge in [0.05, 0.1) is 12.6 Å². The zero-order valence-corrected chi connectivity index (χ0v) is 20.8. The summed E-state index contributed by atoms with van der Waals surface area (Å²) < 4.78 is 41.9. The van der Waals surface area contributed by atoms with Crippen LogP contribution in [0.5, 0.6) is 5.75 Å². The first-order valence-corrected chi connectivity index (χ1v) is 11.2. The van der Waals surface area contributed by atoms with Gasteiger partial charge in [0.25, 0.3) is 5.91 Å². The van der Waals surface area contributed by atoms with Gasteiger partial charge in [-0.25, -0.2) is 9.59 Å². The van der Waals surface area contributed by atoms with Crippen LogP contribution in [0.25, 0.3) is 0 Å². The maximum absolute atomic E-state index is 13.0. The van der Waals surface area contributed by atoms with E-state index in [1.807, 2.05) is 13.8 Å². The minimum Gasteiger partial charge on any atom is -0.482 e. The van der Waals surface area contributed by atoms with E-state index in [-0.39, 0.29) is 30.8 Å². The first-order valence-electron chi connectivity index (χ1n) is 11.2. The van der Waals surface area contributed by atoms with Crippen LogP contribution in [-0.2, 0) is 14.3 Å². The van der Waals surface area contributed by atoms with Gasteiger partial charge in [0.15, 0.2) is 12.4 Å². The normalized spacial score (nSPS) is 11.4. The van der Waals surface area contributed by atoms with Gasteiger partial charge in [0.2, 0.25) is 0 Å². The number of hydrogen-bond donors (Lipinski definition) is 4. The summed E-state index contributed by atoms with van der Waals surface area (Å²) in [5.74, 6) is -3.66. The molecule has 0 saturated carbocycles. The third-order valence-corrected chi connectivity index (χ3v) is 4.74. The van der Waals surface area contributed by atoms with Crippen LogP contribution in [0.3, 0.4) is 0 Å². The number of amidine groups is 1. The molecule has 0 aliphatic carbocycles. The molecule has 0 unspecified atom stereocenters. The topological polar surface area (TPSA) is 169 Å². The number of Topliss-reactive ketones (excluding diaryl/α,β-unsaturated/α-hetero) is 1. The Kier molecular flexibility index (Phi) is 11.9. The summed E-state index contributed by atoms with van der Waals surface area (Å²) in [5, 5.41) is 17.3. The number of rotatable bonds is 10. The molecule has 13 heteroatoms. The number of amides is 1. The summed E-state index contributed by atoms with van der Waals surface area (Å²) in [7, 11) is 0. The number of aliphatic carboxylic acids is 1. The number of carbonyl (C=O) groups is 4. The van der Waals surface area contributed by atoms with Crippen LogP contribution < -0.4 is 15.8 Å². The predicted molar refractivity (Wildman–Crippen MR) is 130 cm³/mol. The molecule has 38 heavy (non-hydrogen) atoms. The van der Waals surface area contributed by atoms with Gasteiger partial charge in [0.1, 0.15) is 11.6 Å². The summed E-state index contributed by atoms with van der Waals surface area (Å²) in [6.07, 6.45) is -5.08. The van der Waals surface area contributed by atoms with Crippen molar-refractivity contribution in [3.8, 4) is 5.75 Å². The smallest absolute Gasteiger partial charge is 0.482 e. The van der Waals surface area contributed by atoms with Crippen molar-refractivity contribution < 1.29 is 46.9 Å². The zero-order valence-electron chi connectivity index (χ0n) is 20.8. The number of carbonyl (C=O) groups excluding carboxylic acids is 3. The van der Waals surface area contributed by atoms with Crippen LogP contribution in [0.1, 0.15) is 47.1 Å². The highest BCUT2D eigenvalue weighted by Gasteiger charge is 2.38. The van der Waals surface area contributed by atoms with Crippen LogP contribution in [0.15, 0.2) is 48.5 Å². The quantitative estimate of drug-likeness (QED) is 0.154. The summed E-state index contributed by atoms with van der Waals surface area (Å²) in [6.45, 7) is 5.47. The van der Waals surface area contributed by atoms with Gasteiger partial charge in [-0.1, -0.05) is 26.0 Å². The predicted octanol–water partition coefficient (Wildman–Crippen LogP) is 3.18.